The Labute approximate surface area is 131 Å². The monoisotopic (exact) mass is 309 g/mol. The van der Waals surface area contributed by atoms with Crippen molar-refractivity contribution in [2.75, 3.05) is 29.4 Å². The molecule has 0 saturated carbocycles. The molecule has 1 unspecified atom stereocenters. The number of piperidine rings is 1. The Bertz CT molecular complexity index is 475. The zero-order chi connectivity index (χ0) is 14.7. The summed E-state index contributed by atoms with van der Waals surface area (Å²) in [4.78, 5) is 18.0. The molecule has 6 heteroatoms. The van der Waals surface area contributed by atoms with Crippen LogP contribution in [-0.4, -0.2) is 40.6 Å². The average Bonchev–Trinajstić information content (AvgIpc) is 2.72. The number of anilines is 2. The highest BCUT2D eigenvalue weighted by molar-refractivity contribution is 6.28. The molecule has 0 radical (unpaired) electrons. The molecule has 0 bridgehead atoms. The highest BCUT2D eigenvalue weighted by Gasteiger charge is 2.22. The average molecular weight is 310 g/mol. The summed E-state index contributed by atoms with van der Waals surface area (Å²) in [6.07, 6.45) is 8.69. The second-order valence-corrected chi connectivity index (χ2v) is 6.48. The first kappa shape index (κ1) is 14.8. The zero-order valence-electron chi connectivity index (χ0n) is 12.8. The fourth-order valence-corrected chi connectivity index (χ4v) is 3.42. The number of aromatic nitrogens is 3. The first-order valence-corrected chi connectivity index (χ1v) is 8.55. The largest absolute Gasteiger partial charge is 0.341 e. The van der Waals surface area contributed by atoms with Gasteiger partial charge in [-0.3, -0.25) is 0 Å². The van der Waals surface area contributed by atoms with Crippen LogP contribution in [0, 0.1) is 0 Å². The molecular formula is C15H24ClN5. The summed E-state index contributed by atoms with van der Waals surface area (Å²) >= 11 is 6.16. The molecule has 3 rings (SSSR count). The Morgan fingerprint density at radius 3 is 2.33 bits per heavy atom. The van der Waals surface area contributed by atoms with E-state index in [9.17, 15) is 0 Å². The predicted molar refractivity (Wildman–Crippen MR) is 86.2 cm³/mol. The SMILES string of the molecule is CC1CCCCCN1c1nc(Cl)nc(N2CCCCC2)n1. The standard InChI is InChI=1S/C15H24ClN5/c1-12-8-4-2-7-11-21(12)15-18-13(16)17-14(19-15)20-9-5-3-6-10-20/h12H,2-11H2,1H3. The van der Waals surface area contributed by atoms with Gasteiger partial charge in [0.2, 0.25) is 17.2 Å². The Hall–Kier alpha value is -1.10. The summed E-state index contributed by atoms with van der Waals surface area (Å²) in [5, 5.41) is 0.317. The maximum Gasteiger partial charge on any atom is 0.231 e. The molecule has 3 heterocycles. The predicted octanol–water partition coefficient (Wildman–Crippen LogP) is 3.28. The Kier molecular flexibility index (Phi) is 4.78. The van der Waals surface area contributed by atoms with Gasteiger partial charge >= 0.3 is 0 Å². The molecule has 0 aromatic carbocycles. The number of rotatable bonds is 2. The zero-order valence-corrected chi connectivity index (χ0v) is 13.5. The van der Waals surface area contributed by atoms with Crippen LogP contribution >= 0.6 is 11.6 Å². The van der Waals surface area contributed by atoms with E-state index in [2.05, 4.69) is 26.7 Å². The summed E-state index contributed by atoms with van der Waals surface area (Å²) in [7, 11) is 0. The maximum absolute atomic E-state index is 6.16. The molecule has 2 aliphatic heterocycles. The van der Waals surface area contributed by atoms with Gasteiger partial charge in [0.15, 0.2) is 0 Å². The van der Waals surface area contributed by atoms with E-state index in [1.807, 2.05) is 0 Å². The van der Waals surface area contributed by atoms with Crippen LogP contribution in [0.2, 0.25) is 5.28 Å². The van der Waals surface area contributed by atoms with Gasteiger partial charge < -0.3 is 9.80 Å². The van der Waals surface area contributed by atoms with Crippen LogP contribution in [0.15, 0.2) is 0 Å². The van der Waals surface area contributed by atoms with Crippen molar-refractivity contribution >= 4 is 23.5 Å². The molecule has 0 spiro atoms. The van der Waals surface area contributed by atoms with Gasteiger partial charge in [-0.05, 0) is 50.6 Å². The molecule has 0 aliphatic carbocycles. The number of nitrogens with zero attached hydrogens (tertiary/aromatic N) is 5. The molecule has 1 aromatic heterocycles. The minimum absolute atomic E-state index is 0.317. The van der Waals surface area contributed by atoms with E-state index in [0.29, 0.717) is 11.3 Å². The van der Waals surface area contributed by atoms with Crippen LogP contribution in [0.1, 0.15) is 51.9 Å². The van der Waals surface area contributed by atoms with Crippen molar-refractivity contribution in [2.45, 2.75) is 57.9 Å². The topological polar surface area (TPSA) is 45.2 Å². The second-order valence-electron chi connectivity index (χ2n) is 6.14. The molecular weight excluding hydrogens is 286 g/mol. The van der Waals surface area contributed by atoms with Crippen molar-refractivity contribution in [3.63, 3.8) is 0 Å². The van der Waals surface area contributed by atoms with Crippen LogP contribution in [0.5, 0.6) is 0 Å². The third-order valence-corrected chi connectivity index (χ3v) is 4.70. The molecule has 2 fully saturated rings. The number of hydrogen-bond donors (Lipinski definition) is 0. The van der Waals surface area contributed by atoms with Gasteiger partial charge in [0.05, 0.1) is 0 Å². The fraction of sp³-hybridized carbons (Fsp3) is 0.800. The third-order valence-electron chi connectivity index (χ3n) is 4.53. The van der Waals surface area contributed by atoms with Crippen LogP contribution < -0.4 is 9.80 Å². The van der Waals surface area contributed by atoms with E-state index >= 15 is 0 Å². The van der Waals surface area contributed by atoms with Gasteiger partial charge in [-0.15, -0.1) is 0 Å². The first-order valence-electron chi connectivity index (χ1n) is 8.17. The lowest BCUT2D eigenvalue weighted by Crippen LogP contribution is -2.36. The summed E-state index contributed by atoms with van der Waals surface area (Å²) < 4.78 is 0. The molecule has 0 N–H and O–H groups in total. The van der Waals surface area contributed by atoms with E-state index in [0.717, 1.165) is 31.5 Å². The van der Waals surface area contributed by atoms with Gasteiger partial charge in [-0.2, -0.15) is 15.0 Å². The van der Waals surface area contributed by atoms with Crippen LogP contribution in [-0.2, 0) is 0 Å². The van der Waals surface area contributed by atoms with Crippen molar-refractivity contribution in [3.05, 3.63) is 5.28 Å². The van der Waals surface area contributed by atoms with Crippen molar-refractivity contribution in [1.29, 1.82) is 0 Å². The van der Waals surface area contributed by atoms with Crippen LogP contribution in [0.4, 0.5) is 11.9 Å². The third kappa shape index (κ3) is 3.57. The normalized spacial score (nSPS) is 24.0. The lowest BCUT2D eigenvalue weighted by Gasteiger charge is -2.30. The summed E-state index contributed by atoms with van der Waals surface area (Å²) in [5.74, 6) is 1.51. The number of hydrogen-bond acceptors (Lipinski definition) is 5. The minimum Gasteiger partial charge on any atom is -0.341 e. The highest BCUT2D eigenvalue weighted by atomic mass is 35.5. The van der Waals surface area contributed by atoms with Gasteiger partial charge in [-0.25, -0.2) is 0 Å². The minimum atomic E-state index is 0.317. The molecule has 2 aliphatic rings. The van der Waals surface area contributed by atoms with Crippen molar-refractivity contribution in [3.8, 4) is 0 Å². The van der Waals surface area contributed by atoms with Gasteiger partial charge in [-0.1, -0.05) is 12.8 Å². The first-order chi connectivity index (χ1) is 10.2. The van der Waals surface area contributed by atoms with Gasteiger partial charge in [0, 0.05) is 25.7 Å². The van der Waals surface area contributed by atoms with Crippen molar-refractivity contribution in [2.24, 2.45) is 0 Å². The fourth-order valence-electron chi connectivity index (χ4n) is 3.27. The van der Waals surface area contributed by atoms with Crippen LogP contribution in [0.25, 0.3) is 0 Å². The van der Waals surface area contributed by atoms with E-state index in [1.54, 1.807) is 0 Å². The van der Waals surface area contributed by atoms with E-state index in [1.165, 1.54) is 44.9 Å². The molecule has 1 atom stereocenters. The molecule has 0 amide bonds. The summed E-state index contributed by atoms with van der Waals surface area (Å²) in [5.41, 5.74) is 0. The lowest BCUT2D eigenvalue weighted by molar-refractivity contribution is 0.563. The smallest absolute Gasteiger partial charge is 0.231 e. The molecule has 116 valence electrons. The number of halogens is 1. The highest BCUT2D eigenvalue weighted by Crippen LogP contribution is 2.24. The molecule has 5 nitrogen and oxygen atoms in total. The Morgan fingerprint density at radius 1 is 0.857 bits per heavy atom. The maximum atomic E-state index is 6.16. The molecule has 21 heavy (non-hydrogen) atoms. The van der Waals surface area contributed by atoms with Gasteiger partial charge in [0.1, 0.15) is 0 Å². The van der Waals surface area contributed by atoms with Crippen LogP contribution in [0.3, 0.4) is 0 Å². The van der Waals surface area contributed by atoms with Crippen molar-refractivity contribution < 1.29 is 0 Å². The lowest BCUT2D eigenvalue weighted by atomic mass is 10.1. The van der Waals surface area contributed by atoms with E-state index < -0.39 is 0 Å². The van der Waals surface area contributed by atoms with Crippen molar-refractivity contribution in [1.82, 2.24) is 15.0 Å². The van der Waals surface area contributed by atoms with Gasteiger partial charge in [0.25, 0.3) is 0 Å². The molecule has 1 aromatic rings. The quantitative estimate of drug-likeness (QED) is 0.839. The molecule has 2 saturated heterocycles. The van der Waals surface area contributed by atoms with E-state index in [4.69, 9.17) is 16.6 Å². The second kappa shape index (κ2) is 6.77. The Morgan fingerprint density at radius 2 is 1.52 bits per heavy atom. The summed E-state index contributed by atoms with van der Waals surface area (Å²) in [6, 6.07) is 0.472. The summed E-state index contributed by atoms with van der Waals surface area (Å²) in [6.45, 7) is 5.31. The Balaban J connectivity index is 1.85. The van der Waals surface area contributed by atoms with E-state index in [-0.39, 0.29) is 0 Å².